The molecule has 1 aromatic carbocycles. The average molecular weight is 407 g/mol. The third-order valence-electron chi connectivity index (χ3n) is 4.67. The van der Waals surface area contributed by atoms with Crippen LogP contribution < -0.4 is 20.3 Å². The number of H-pyrrole nitrogens is 1. The molecule has 1 aliphatic heterocycles. The fraction of sp³-hybridized carbons (Fsp3) is 0.211. The molecular weight excluding hydrogens is 390 g/mol. The first kappa shape index (κ1) is 17.9. The molecule has 5 rings (SSSR count). The van der Waals surface area contributed by atoms with E-state index in [0.29, 0.717) is 34.0 Å². The van der Waals surface area contributed by atoms with Gasteiger partial charge in [0.25, 0.3) is 11.5 Å². The lowest BCUT2D eigenvalue weighted by Crippen LogP contribution is -2.40. The molecule has 0 saturated carbocycles. The van der Waals surface area contributed by atoms with E-state index < -0.39 is 12.0 Å². The van der Waals surface area contributed by atoms with Gasteiger partial charge in [-0.2, -0.15) is 19.9 Å². The summed E-state index contributed by atoms with van der Waals surface area (Å²) in [4.78, 5) is 32.3. The van der Waals surface area contributed by atoms with Crippen LogP contribution in [0.15, 0.2) is 41.3 Å². The number of aryl methyl sites for hydroxylation is 2. The number of nitrogens with zero attached hydrogens (tertiary/aromatic N) is 5. The predicted octanol–water partition coefficient (Wildman–Crippen LogP) is 0.929. The van der Waals surface area contributed by atoms with E-state index in [1.54, 1.807) is 38.2 Å². The Hall–Kier alpha value is -4.15. The topological polar surface area (TPSA) is 129 Å². The first-order valence-corrected chi connectivity index (χ1v) is 9.18. The van der Waals surface area contributed by atoms with Crippen molar-refractivity contribution in [3.05, 3.63) is 52.6 Å². The first-order chi connectivity index (χ1) is 14.5. The smallest absolute Gasteiger partial charge is 0.270 e. The molecule has 11 nitrogen and oxygen atoms in total. The lowest BCUT2D eigenvalue weighted by atomic mass is 10.2. The number of amides is 1. The second kappa shape index (κ2) is 6.72. The molecule has 1 amide bonds. The van der Waals surface area contributed by atoms with Gasteiger partial charge in [-0.25, -0.2) is 0 Å². The molecule has 1 atom stereocenters. The van der Waals surface area contributed by atoms with Crippen LogP contribution in [0.4, 0.5) is 5.82 Å². The van der Waals surface area contributed by atoms with E-state index in [-0.39, 0.29) is 18.1 Å². The molecule has 0 saturated heterocycles. The highest BCUT2D eigenvalue weighted by Crippen LogP contribution is 2.31. The van der Waals surface area contributed by atoms with Gasteiger partial charge < -0.3 is 14.8 Å². The van der Waals surface area contributed by atoms with E-state index in [1.165, 1.54) is 15.6 Å². The van der Waals surface area contributed by atoms with Gasteiger partial charge in [-0.3, -0.25) is 19.3 Å². The molecule has 11 heteroatoms. The van der Waals surface area contributed by atoms with Crippen LogP contribution in [0, 0.1) is 6.92 Å². The first-order valence-electron chi connectivity index (χ1n) is 9.18. The molecule has 0 radical (unpaired) electrons. The van der Waals surface area contributed by atoms with Crippen molar-refractivity contribution >= 4 is 22.8 Å². The van der Waals surface area contributed by atoms with Crippen LogP contribution in [-0.2, 0) is 11.8 Å². The molecule has 3 aromatic heterocycles. The van der Waals surface area contributed by atoms with E-state index in [2.05, 4.69) is 25.5 Å². The maximum absolute atomic E-state index is 12.8. The number of fused-ring (bicyclic) bond motifs is 2. The van der Waals surface area contributed by atoms with Crippen LogP contribution in [-0.4, -0.2) is 48.1 Å². The predicted molar refractivity (Wildman–Crippen MR) is 106 cm³/mol. The zero-order valence-corrected chi connectivity index (χ0v) is 16.1. The Morgan fingerprint density at radius 2 is 2.10 bits per heavy atom. The summed E-state index contributed by atoms with van der Waals surface area (Å²) in [6, 6.07) is 8.82. The average Bonchev–Trinajstić information content (AvgIpc) is 3.30. The van der Waals surface area contributed by atoms with Crippen LogP contribution in [0.1, 0.15) is 5.69 Å². The fourth-order valence-electron chi connectivity index (χ4n) is 3.23. The summed E-state index contributed by atoms with van der Waals surface area (Å²) in [6.07, 6.45) is 0.607. The van der Waals surface area contributed by atoms with Gasteiger partial charge in [0, 0.05) is 13.1 Å². The Kier molecular flexibility index (Phi) is 4.02. The molecule has 0 spiro atoms. The number of hydrogen-bond donors (Lipinski definition) is 2. The maximum Gasteiger partial charge on any atom is 0.270 e. The number of ether oxygens (including phenoxy) is 2. The van der Waals surface area contributed by atoms with Crippen molar-refractivity contribution in [3.8, 4) is 17.4 Å². The van der Waals surface area contributed by atoms with Crippen molar-refractivity contribution in [3.63, 3.8) is 0 Å². The molecule has 4 heterocycles. The Morgan fingerprint density at radius 1 is 1.30 bits per heavy atom. The summed E-state index contributed by atoms with van der Waals surface area (Å²) < 4.78 is 14.2. The number of aromatic nitrogens is 6. The van der Waals surface area contributed by atoms with Crippen molar-refractivity contribution in [2.24, 2.45) is 7.05 Å². The molecule has 2 N–H and O–H groups in total. The lowest BCUT2D eigenvalue weighted by molar-refractivity contribution is -0.125. The third kappa shape index (κ3) is 2.96. The summed E-state index contributed by atoms with van der Waals surface area (Å²) in [5, 5.41) is 11.5. The number of anilines is 1. The van der Waals surface area contributed by atoms with Crippen molar-refractivity contribution < 1.29 is 14.3 Å². The maximum atomic E-state index is 12.8. The number of para-hydroxylation sites is 2. The Labute approximate surface area is 169 Å². The van der Waals surface area contributed by atoms with Gasteiger partial charge in [-0.05, 0) is 19.1 Å². The van der Waals surface area contributed by atoms with Gasteiger partial charge in [-0.15, -0.1) is 0 Å². The highest BCUT2D eigenvalue weighted by Gasteiger charge is 2.28. The number of aromatic amines is 1. The summed E-state index contributed by atoms with van der Waals surface area (Å²) in [5.41, 5.74) is 0.679. The molecule has 4 aromatic rings. The molecule has 1 aliphatic rings. The number of carbonyl (C=O) groups is 1. The fourth-order valence-corrected chi connectivity index (χ4v) is 3.23. The van der Waals surface area contributed by atoms with Gasteiger partial charge in [0.15, 0.2) is 17.1 Å². The number of nitrogens with one attached hydrogen (secondary N) is 2. The minimum absolute atomic E-state index is 0.0754. The summed E-state index contributed by atoms with van der Waals surface area (Å²) in [5.74, 6) is 1.18. The third-order valence-corrected chi connectivity index (χ3v) is 4.67. The van der Waals surface area contributed by atoms with Crippen LogP contribution in [0.3, 0.4) is 0 Å². The monoisotopic (exact) mass is 407 g/mol. The second-order valence-corrected chi connectivity index (χ2v) is 6.83. The molecular formula is C19H17N7O4. The highest BCUT2D eigenvalue weighted by atomic mass is 16.6. The van der Waals surface area contributed by atoms with E-state index in [9.17, 15) is 9.59 Å². The molecule has 0 fully saturated rings. The van der Waals surface area contributed by atoms with E-state index in [4.69, 9.17) is 9.47 Å². The summed E-state index contributed by atoms with van der Waals surface area (Å²) in [7, 11) is 1.69. The Bertz CT molecular complexity index is 1340. The summed E-state index contributed by atoms with van der Waals surface area (Å²) in [6.45, 7) is 1.84. The van der Waals surface area contributed by atoms with Gasteiger partial charge in [0.2, 0.25) is 12.1 Å². The molecule has 0 aliphatic carbocycles. The SMILES string of the molecule is Cc1cc(NC(=O)C2COc3ccccc3O2)n(-c2nc3c(cnn3C)c(=O)[nH]2)n1. The van der Waals surface area contributed by atoms with Crippen LogP contribution in [0.5, 0.6) is 11.5 Å². The van der Waals surface area contributed by atoms with Crippen LogP contribution in [0.25, 0.3) is 17.0 Å². The Balaban J connectivity index is 1.45. The zero-order valence-electron chi connectivity index (χ0n) is 16.1. The minimum Gasteiger partial charge on any atom is -0.485 e. The highest BCUT2D eigenvalue weighted by molar-refractivity contribution is 5.94. The Morgan fingerprint density at radius 3 is 2.93 bits per heavy atom. The molecule has 30 heavy (non-hydrogen) atoms. The quantitative estimate of drug-likeness (QED) is 0.517. The second-order valence-electron chi connectivity index (χ2n) is 6.83. The number of hydrogen-bond acceptors (Lipinski definition) is 7. The van der Waals surface area contributed by atoms with Crippen molar-refractivity contribution in [2.45, 2.75) is 13.0 Å². The summed E-state index contributed by atoms with van der Waals surface area (Å²) >= 11 is 0. The number of carbonyl (C=O) groups excluding carboxylic acids is 1. The van der Waals surface area contributed by atoms with Crippen LogP contribution in [0.2, 0.25) is 0 Å². The van der Waals surface area contributed by atoms with E-state index in [0.717, 1.165) is 0 Å². The van der Waals surface area contributed by atoms with Crippen LogP contribution >= 0.6 is 0 Å². The zero-order chi connectivity index (χ0) is 20.8. The van der Waals surface area contributed by atoms with E-state index >= 15 is 0 Å². The molecule has 1 unspecified atom stereocenters. The minimum atomic E-state index is -0.838. The van der Waals surface area contributed by atoms with Gasteiger partial charge in [-0.1, -0.05) is 12.1 Å². The van der Waals surface area contributed by atoms with Crippen molar-refractivity contribution in [1.29, 1.82) is 0 Å². The molecule has 0 bridgehead atoms. The van der Waals surface area contributed by atoms with Crippen molar-refractivity contribution in [1.82, 2.24) is 29.5 Å². The molecule has 152 valence electrons. The number of rotatable bonds is 3. The van der Waals surface area contributed by atoms with E-state index in [1.807, 2.05) is 6.07 Å². The van der Waals surface area contributed by atoms with Gasteiger partial charge in [0.1, 0.15) is 17.8 Å². The largest absolute Gasteiger partial charge is 0.485 e. The van der Waals surface area contributed by atoms with Gasteiger partial charge >= 0.3 is 0 Å². The van der Waals surface area contributed by atoms with Crippen molar-refractivity contribution in [2.75, 3.05) is 11.9 Å². The van der Waals surface area contributed by atoms with Gasteiger partial charge in [0.05, 0.1) is 11.9 Å². The normalized spacial score (nSPS) is 15.3. The lowest BCUT2D eigenvalue weighted by Gasteiger charge is -2.25. The number of benzene rings is 1. The standard InChI is InChI=1S/C19H17N7O4/c1-10-7-15(21-18(28)14-9-29-12-5-3-4-6-13(12)30-14)26(24-10)19-22-16-11(17(27)23-19)8-20-25(16)2/h3-8,14H,9H2,1-2H3,(H,21,28)(H,22,23,27).